The molecule has 0 saturated heterocycles. The van der Waals surface area contributed by atoms with Gasteiger partial charge in [0, 0.05) is 27.6 Å². The molecule has 0 aromatic heterocycles. The van der Waals surface area contributed by atoms with Crippen LogP contribution in [0.2, 0.25) is 0 Å². The molecule has 0 N–H and O–H groups in total. The Labute approximate surface area is 194 Å². The zero-order valence-electron chi connectivity index (χ0n) is 19.9. The number of benzene rings is 2. The molecular weight excluding hydrogens is 422 g/mol. The average molecular weight is 454 g/mol. The summed E-state index contributed by atoms with van der Waals surface area (Å²) in [6.45, 7) is 2.42. The highest BCUT2D eigenvalue weighted by atomic mass is 16.5. The topological polar surface area (TPSA) is 88.5 Å². The lowest BCUT2D eigenvalue weighted by molar-refractivity contribution is -0.128. The van der Waals surface area contributed by atoms with E-state index in [2.05, 4.69) is 4.99 Å². The molecule has 0 atom stereocenters. The van der Waals surface area contributed by atoms with Gasteiger partial charge in [-0.2, -0.15) is 4.99 Å². The molecule has 0 aliphatic carbocycles. The second-order valence-electron chi connectivity index (χ2n) is 7.84. The summed E-state index contributed by atoms with van der Waals surface area (Å²) in [5.74, 6) is 0.649. The van der Waals surface area contributed by atoms with Crippen molar-refractivity contribution >= 4 is 29.3 Å². The molecular formula is C25H31N3O5. The van der Waals surface area contributed by atoms with Gasteiger partial charge in [-0.15, -0.1) is 0 Å². The van der Waals surface area contributed by atoms with E-state index >= 15 is 0 Å². The molecule has 0 aliphatic heterocycles. The molecule has 8 heteroatoms. The molecule has 0 fully saturated rings. The van der Waals surface area contributed by atoms with Crippen LogP contribution in [0, 0.1) is 6.92 Å². The number of carbonyl (C=O) groups is 2. The fourth-order valence-electron chi connectivity index (χ4n) is 3.29. The number of methoxy groups -OCH3 is 1. The van der Waals surface area contributed by atoms with Gasteiger partial charge in [-0.3, -0.25) is 9.59 Å². The minimum Gasteiger partial charge on any atom is -0.494 e. The molecule has 0 aliphatic rings. The normalized spacial score (nSPS) is 10.2. The van der Waals surface area contributed by atoms with E-state index in [0.717, 1.165) is 24.8 Å². The van der Waals surface area contributed by atoms with E-state index in [-0.39, 0.29) is 23.1 Å². The number of aryl methyl sites for hydroxylation is 1. The first-order valence-electron chi connectivity index (χ1n) is 10.8. The first-order valence-corrected chi connectivity index (χ1v) is 10.8. The Balaban J connectivity index is 2.14. The van der Waals surface area contributed by atoms with Crippen LogP contribution in [-0.2, 0) is 9.59 Å². The van der Waals surface area contributed by atoms with Crippen LogP contribution >= 0.6 is 0 Å². The fraction of sp³-hybridized carbons (Fsp3) is 0.400. The number of para-hydroxylation sites is 1. The maximum atomic E-state index is 13.3. The van der Waals surface area contributed by atoms with Crippen LogP contribution in [0.3, 0.4) is 0 Å². The summed E-state index contributed by atoms with van der Waals surface area (Å²) in [5.41, 5.74) is 1.95. The zero-order valence-corrected chi connectivity index (χ0v) is 19.9. The molecule has 0 heterocycles. The lowest BCUT2D eigenvalue weighted by atomic mass is 10.1. The lowest BCUT2D eigenvalue weighted by Crippen LogP contribution is -2.27. The number of anilines is 1. The number of aliphatic imine (C=N–C) groups is 1. The first kappa shape index (κ1) is 25.6. The molecule has 8 nitrogen and oxygen atoms in total. The van der Waals surface area contributed by atoms with Gasteiger partial charge in [-0.25, -0.2) is 4.79 Å². The van der Waals surface area contributed by atoms with Gasteiger partial charge in [0.1, 0.15) is 17.2 Å². The van der Waals surface area contributed by atoms with Crippen molar-refractivity contribution in [2.45, 2.75) is 32.6 Å². The fourth-order valence-corrected chi connectivity index (χ4v) is 3.29. The second kappa shape index (κ2) is 12.4. The number of ether oxygens (including phenoxy) is 2. The van der Waals surface area contributed by atoms with Crippen LogP contribution in [0.5, 0.6) is 11.5 Å². The summed E-state index contributed by atoms with van der Waals surface area (Å²) in [7, 11) is 6.59. The zero-order chi connectivity index (χ0) is 24.4. The Morgan fingerprint density at radius 3 is 2.45 bits per heavy atom. The summed E-state index contributed by atoms with van der Waals surface area (Å²) < 4.78 is 11.2. The molecule has 2 amide bonds. The molecule has 0 spiro atoms. The van der Waals surface area contributed by atoms with Gasteiger partial charge < -0.3 is 19.3 Å². The van der Waals surface area contributed by atoms with Gasteiger partial charge in [0.15, 0.2) is 0 Å². The van der Waals surface area contributed by atoms with E-state index in [4.69, 9.17) is 9.47 Å². The quantitative estimate of drug-likeness (QED) is 0.288. The van der Waals surface area contributed by atoms with Crippen molar-refractivity contribution in [1.82, 2.24) is 4.90 Å². The van der Waals surface area contributed by atoms with E-state index in [0.29, 0.717) is 30.2 Å². The Hall–Kier alpha value is -3.64. The van der Waals surface area contributed by atoms with Crippen LogP contribution in [-0.4, -0.2) is 57.7 Å². The van der Waals surface area contributed by atoms with Gasteiger partial charge in [0.2, 0.25) is 12.0 Å². The van der Waals surface area contributed by atoms with Gasteiger partial charge in [0.25, 0.3) is 5.91 Å². The van der Waals surface area contributed by atoms with Crippen molar-refractivity contribution in [2.24, 2.45) is 4.99 Å². The Bertz CT molecular complexity index is 1030. The summed E-state index contributed by atoms with van der Waals surface area (Å²) in [4.78, 5) is 42.6. The van der Waals surface area contributed by atoms with Gasteiger partial charge in [0.05, 0.1) is 25.0 Å². The lowest BCUT2D eigenvalue weighted by Gasteiger charge is -2.22. The van der Waals surface area contributed by atoms with Crippen molar-refractivity contribution in [3.63, 3.8) is 0 Å². The van der Waals surface area contributed by atoms with Crippen LogP contribution in [0.15, 0.2) is 41.4 Å². The summed E-state index contributed by atoms with van der Waals surface area (Å²) in [6, 6.07) is 10.5. The number of isocyanates is 1. The molecule has 33 heavy (non-hydrogen) atoms. The van der Waals surface area contributed by atoms with Crippen LogP contribution in [0.1, 0.15) is 41.6 Å². The molecule has 2 rings (SSSR count). The molecule has 0 radical (unpaired) electrons. The van der Waals surface area contributed by atoms with Gasteiger partial charge >= 0.3 is 0 Å². The number of unbranched alkanes of at least 4 members (excludes halogenated alkanes) is 2. The number of amides is 2. The van der Waals surface area contributed by atoms with Crippen molar-refractivity contribution in [1.29, 1.82) is 0 Å². The summed E-state index contributed by atoms with van der Waals surface area (Å²) in [6.07, 6.45) is 4.46. The van der Waals surface area contributed by atoms with Crippen LogP contribution < -0.4 is 14.4 Å². The number of carbonyl (C=O) groups excluding carboxylic acids is 3. The number of rotatable bonds is 11. The highest BCUT2D eigenvalue weighted by Crippen LogP contribution is 2.35. The Morgan fingerprint density at radius 2 is 1.79 bits per heavy atom. The van der Waals surface area contributed by atoms with Crippen molar-refractivity contribution in [3.8, 4) is 11.5 Å². The summed E-state index contributed by atoms with van der Waals surface area (Å²) >= 11 is 0. The highest BCUT2D eigenvalue weighted by Gasteiger charge is 2.22. The number of hydrogen-bond acceptors (Lipinski definition) is 6. The van der Waals surface area contributed by atoms with Crippen LogP contribution in [0.25, 0.3) is 0 Å². The largest absolute Gasteiger partial charge is 0.494 e. The number of hydrogen-bond donors (Lipinski definition) is 0. The van der Waals surface area contributed by atoms with E-state index < -0.39 is 0 Å². The van der Waals surface area contributed by atoms with E-state index in [1.807, 2.05) is 25.1 Å². The van der Waals surface area contributed by atoms with Crippen molar-refractivity contribution in [2.75, 3.05) is 39.8 Å². The van der Waals surface area contributed by atoms with Crippen molar-refractivity contribution in [3.05, 3.63) is 47.5 Å². The minimum absolute atomic E-state index is 0.118. The summed E-state index contributed by atoms with van der Waals surface area (Å²) in [5, 5.41) is 0. The molecule has 176 valence electrons. The van der Waals surface area contributed by atoms with Gasteiger partial charge in [-0.05, 0) is 56.0 Å². The number of nitrogens with zero attached hydrogens (tertiary/aromatic N) is 3. The smallest absolute Gasteiger partial charge is 0.260 e. The third kappa shape index (κ3) is 6.92. The molecule has 2 aromatic rings. The monoisotopic (exact) mass is 453 g/mol. The minimum atomic E-state index is -0.362. The average Bonchev–Trinajstić information content (AvgIpc) is 2.80. The highest BCUT2D eigenvalue weighted by molar-refractivity contribution is 6.10. The third-order valence-electron chi connectivity index (χ3n) is 5.18. The molecule has 0 bridgehead atoms. The maximum Gasteiger partial charge on any atom is 0.260 e. The van der Waals surface area contributed by atoms with Crippen molar-refractivity contribution < 1.29 is 23.9 Å². The molecule has 0 unspecified atom stereocenters. The van der Waals surface area contributed by atoms with Gasteiger partial charge in [-0.1, -0.05) is 12.1 Å². The first-order chi connectivity index (χ1) is 15.8. The Morgan fingerprint density at radius 1 is 1.03 bits per heavy atom. The predicted molar refractivity (Wildman–Crippen MR) is 127 cm³/mol. The standard InChI is InChI=1S/C25H31N3O5/c1-18-13-14-20(22(16-18)33-15-8-6-7-12-23(30)27(2)3)28(4)25(31)19-10-9-11-21(32-5)24(19)26-17-29/h9-11,13-14,16H,6-8,12,15H2,1-5H3. The SMILES string of the molecule is COc1cccc(C(=O)N(C)c2ccc(C)cc2OCCCCCC(=O)N(C)C)c1N=C=O. The van der Waals surface area contributed by atoms with E-state index in [9.17, 15) is 14.4 Å². The van der Waals surface area contributed by atoms with E-state index in [1.54, 1.807) is 44.2 Å². The molecule has 2 aromatic carbocycles. The van der Waals surface area contributed by atoms with Crippen LogP contribution in [0.4, 0.5) is 11.4 Å². The molecule has 0 saturated carbocycles. The predicted octanol–water partition coefficient (Wildman–Crippen LogP) is 4.27. The maximum absolute atomic E-state index is 13.3. The Kier molecular flexibility index (Phi) is 9.63. The third-order valence-corrected chi connectivity index (χ3v) is 5.18. The van der Waals surface area contributed by atoms with E-state index in [1.165, 1.54) is 18.1 Å². The second-order valence-corrected chi connectivity index (χ2v) is 7.84.